The molecular formula is C15H25N3O. The Bertz CT molecular complexity index is 415. The Labute approximate surface area is 115 Å². The summed E-state index contributed by atoms with van der Waals surface area (Å²) in [7, 11) is 0. The average molecular weight is 263 g/mol. The predicted molar refractivity (Wildman–Crippen MR) is 74.6 cm³/mol. The summed E-state index contributed by atoms with van der Waals surface area (Å²) in [6, 6.07) is 2.91. The summed E-state index contributed by atoms with van der Waals surface area (Å²) in [6.45, 7) is 8.46. The first kappa shape index (κ1) is 13.1. The summed E-state index contributed by atoms with van der Waals surface area (Å²) in [4.78, 5) is 2.57. The quantitative estimate of drug-likeness (QED) is 0.855. The average Bonchev–Trinajstić information content (AvgIpc) is 3.05. The highest BCUT2D eigenvalue weighted by Gasteiger charge is 2.37. The molecule has 19 heavy (non-hydrogen) atoms. The second-order valence-electron chi connectivity index (χ2n) is 6.57. The third kappa shape index (κ3) is 3.18. The Hall–Kier alpha value is -0.870. The van der Waals surface area contributed by atoms with E-state index in [1.165, 1.54) is 25.8 Å². The first-order chi connectivity index (χ1) is 9.20. The number of hydrogen-bond acceptors (Lipinski definition) is 4. The SMILES string of the molecule is CC(C)CNCc1cc(CN2CC3CCC2C3)on1. The maximum Gasteiger partial charge on any atom is 0.151 e. The van der Waals surface area contributed by atoms with Crippen molar-refractivity contribution in [2.45, 2.75) is 52.2 Å². The molecule has 1 aliphatic heterocycles. The molecule has 4 heteroatoms. The van der Waals surface area contributed by atoms with Crippen molar-refractivity contribution in [1.82, 2.24) is 15.4 Å². The zero-order chi connectivity index (χ0) is 13.2. The summed E-state index contributed by atoms with van der Waals surface area (Å²) in [5, 5.41) is 7.55. The van der Waals surface area contributed by atoms with Gasteiger partial charge in [-0.3, -0.25) is 4.90 Å². The lowest BCUT2D eigenvalue weighted by Gasteiger charge is -2.25. The fourth-order valence-corrected chi connectivity index (χ4v) is 3.42. The Kier molecular flexibility index (Phi) is 3.89. The van der Waals surface area contributed by atoms with Crippen LogP contribution in [0.2, 0.25) is 0 Å². The number of hydrogen-bond donors (Lipinski definition) is 1. The fourth-order valence-electron chi connectivity index (χ4n) is 3.42. The van der Waals surface area contributed by atoms with Gasteiger partial charge in [0.2, 0.25) is 0 Å². The van der Waals surface area contributed by atoms with E-state index in [1.807, 2.05) is 0 Å². The van der Waals surface area contributed by atoms with Crippen molar-refractivity contribution in [2.75, 3.05) is 13.1 Å². The normalized spacial score (nSPS) is 26.7. The van der Waals surface area contributed by atoms with Crippen LogP contribution in [-0.4, -0.2) is 29.2 Å². The summed E-state index contributed by atoms with van der Waals surface area (Å²) in [6.07, 6.45) is 4.21. The molecule has 4 nitrogen and oxygen atoms in total. The van der Waals surface area contributed by atoms with Crippen LogP contribution in [-0.2, 0) is 13.1 Å². The van der Waals surface area contributed by atoms with Crippen molar-refractivity contribution in [3.63, 3.8) is 0 Å². The van der Waals surface area contributed by atoms with E-state index < -0.39 is 0 Å². The highest BCUT2D eigenvalue weighted by molar-refractivity contribution is 5.06. The van der Waals surface area contributed by atoms with Gasteiger partial charge in [-0.1, -0.05) is 19.0 Å². The highest BCUT2D eigenvalue weighted by atomic mass is 16.5. The van der Waals surface area contributed by atoms with Gasteiger partial charge < -0.3 is 9.84 Å². The number of rotatable bonds is 6. The third-order valence-electron chi connectivity index (χ3n) is 4.35. The molecule has 2 aliphatic rings. The summed E-state index contributed by atoms with van der Waals surface area (Å²) in [5.74, 6) is 2.64. The molecule has 1 saturated heterocycles. The molecule has 2 heterocycles. The maximum atomic E-state index is 5.46. The van der Waals surface area contributed by atoms with Crippen LogP contribution in [0.4, 0.5) is 0 Å². The summed E-state index contributed by atoms with van der Waals surface area (Å²) < 4.78 is 5.46. The second kappa shape index (κ2) is 5.63. The molecule has 0 spiro atoms. The zero-order valence-corrected chi connectivity index (χ0v) is 12.1. The van der Waals surface area contributed by atoms with E-state index in [-0.39, 0.29) is 0 Å². The molecule has 0 radical (unpaired) electrons. The van der Waals surface area contributed by atoms with E-state index in [4.69, 9.17) is 4.52 Å². The fraction of sp³-hybridized carbons (Fsp3) is 0.800. The standard InChI is InChI=1S/C15H25N3O/c1-11(2)7-16-8-13-6-15(19-17-13)10-18-9-12-3-4-14(18)5-12/h6,11-12,14,16H,3-5,7-10H2,1-2H3. The van der Waals surface area contributed by atoms with Crippen molar-refractivity contribution in [3.05, 3.63) is 17.5 Å². The van der Waals surface area contributed by atoms with Gasteiger partial charge in [-0.05, 0) is 37.6 Å². The molecule has 0 aromatic carbocycles. The molecule has 2 unspecified atom stereocenters. The Morgan fingerprint density at radius 3 is 3.05 bits per heavy atom. The maximum absolute atomic E-state index is 5.46. The lowest BCUT2D eigenvalue weighted by Crippen LogP contribution is -2.31. The minimum atomic E-state index is 0.673. The van der Waals surface area contributed by atoms with E-state index >= 15 is 0 Å². The molecule has 2 bridgehead atoms. The minimum Gasteiger partial charge on any atom is -0.360 e. The molecule has 3 rings (SSSR count). The summed E-state index contributed by atoms with van der Waals surface area (Å²) in [5.41, 5.74) is 1.03. The van der Waals surface area contributed by atoms with Gasteiger partial charge in [0.05, 0.1) is 12.2 Å². The zero-order valence-electron chi connectivity index (χ0n) is 12.1. The number of nitrogens with zero attached hydrogens (tertiary/aromatic N) is 2. The van der Waals surface area contributed by atoms with E-state index in [0.717, 1.165) is 43.0 Å². The van der Waals surface area contributed by atoms with Crippen LogP contribution in [0.3, 0.4) is 0 Å². The Morgan fingerprint density at radius 1 is 1.47 bits per heavy atom. The van der Waals surface area contributed by atoms with Crippen molar-refractivity contribution >= 4 is 0 Å². The van der Waals surface area contributed by atoms with E-state index in [9.17, 15) is 0 Å². The van der Waals surface area contributed by atoms with Crippen LogP contribution in [0.25, 0.3) is 0 Å². The topological polar surface area (TPSA) is 41.3 Å². The van der Waals surface area contributed by atoms with Gasteiger partial charge in [0.1, 0.15) is 0 Å². The van der Waals surface area contributed by atoms with E-state index in [0.29, 0.717) is 5.92 Å². The van der Waals surface area contributed by atoms with Crippen molar-refractivity contribution in [2.24, 2.45) is 11.8 Å². The molecule has 1 aromatic heterocycles. The second-order valence-corrected chi connectivity index (χ2v) is 6.57. The van der Waals surface area contributed by atoms with Crippen LogP contribution in [0, 0.1) is 11.8 Å². The molecule has 2 fully saturated rings. The molecule has 0 amide bonds. The number of nitrogens with one attached hydrogen (secondary N) is 1. The number of fused-ring (bicyclic) bond motifs is 2. The molecule has 1 aromatic rings. The molecule has 2 atom stereocenters. The monoisotopic (exact) mass is 263 g/mol. The van der Waals surface area contributed by atoms with Gasteiger partial charge >= 0.3 is 0 Å². The minimum absolute atomic E-state index is 0.673. The van der Waals surface area contributed by atoms with Gasteiger partial charge in [-0.2, -0.15) is 0 Å². The molecule has 1 aliphatic carbocycles. The third-order valence-corrected chi connectivity index (χ3v) is 4.35. The van der Waals surface area contributed by atoms with Crippen LogP contribution < -0.4 is 5.32 Å². The van der Waals surface area contributed by atoms with Crippen LogP contribution in [0.1, 0.15) is 44.6 Å². The first-order valence-corrected chi connectivity index (χ1v) is 7.60. The largest absolute Gasteiger partial charge is 0.360 e. The van der Waals surface area contributed by atoms with Crippen molar-refractivity contribution < 1.29 is 4.52 Å². The van der Waals surface area contributed by atoms with E-state index in [1.54, 1.807) is 0 Å². The predicted octanol–water partition coefficient (Wildman–Crippen LogP) is 2.40. The van der Waals surface area contributed by atoms with Gasteiger partial charge in [-0.15, -0.1) is 0 Å². The number of piperidine rings is 1. The highest BCUT2D eigenvalue weighted by Crippen LogP contribution is 2.38. The van der Waals surface area contributed by atoms with Crippen molar-refractivity contribution in [3.8, 4) is 0 Å². The lowest BCUT2D eigenvalue weighted by atomic mass is 10.1. The van der Waals surface area contributed by atoms with Gasteiger partial charge in [0.15, 0.2) is 5.76 Å². The van der Waals surface area contributed by atoms with E-state index in [2.05, 4.69) is 35.3 Å². The number of likely N-dealkylation sites (tertiary alicyclic amines) is 1. The Balaban J connectivity index is 1.48. The molecule has 1 N–H and O–H groups in total. The van der Waals surface area contributed by atoms with Gasteiger partial charge in [0, 0.05) is 25.2 Å². The smallest absolute Gasteiger partial charge is 0.151 e. The lowest BCUT2D eigenvalue weighted by molar-refractivity contribution is 0.183. The van der Waals surface area contributed by atoms with Crippen LogP contribution >= 0.6 is 0 Å². The van der Waals surface area contributed by atoms with Gasteiger partial charge in [-0.25, -0.2) is 0 Å². The van der Waals surface area contributed by atoms with Crippen LogP contribution in [0.15, 0.2) is 10.6 Å². The first-order valence-electron chi connectivity index (χ1n) is 7.60. The van der Waals surface area contributed by atoms with Gasteiger partial charge in [0.25, 0.3) is 0 Å². The molecule has 1 saturated carbocycles. The Morgan fingerprint density at radius 2 is 2.37 bits per heavy atom. The van der Waals surface area contributed by atoms with Crippen LogP contribution in [0.5, 0.6) is 0 Å². The van der Waals surface area contributed by atoms with Crippen molar-refractivity contribution in [1.29, 1.82) is 0 Å². The number of aromatic nitrogens is 1. The summed E-state index contributed by atoms with van der Waals surface area (Å²) >= 11 is 0. The molecular weight excluding hydrogens is 238 g/mol. The molecule has 106 valence electrons.